The number of benzene rings is 2. The van der Waals surface area contributed by atoms with Crippen molar-refractivity contribution in [2.75, 3.05) is 13.3 Å². The summed E-state index contributed by atoms with van der Waals surface area (Å²) in [5.74, 6) is 1.86. The van der Waals surface area contributed by atoms with Crippen LogP contribution >= 0.6 is 7.37 Å². The Morgan fingerprint density at radius 2 is 1.84 bits per heavy atom. The van der Waals surface area contributed by atoms with Gasteiger partial charge >= 0.3 is 5.97 Å². The van der Waals surface area contributed by atoms with Crippen molar-refractivity contribution in [3.8, 4) is 17.3 Å². The van der Waals surface area contributed by atoms with E-state index in [9.17, 15) is 23.7 Å². The van der Waals surface area contributed by atoms with Crippen LogP contribution in [0.15, 0.2) is 48.5 Å². The van der Waals surface area contributed by atoms with Crippen LogP contribution in [0.5, 0.6) is 0 Å². The molecule has 0 bridgehead atoms. The van der Waals surface area contributed by atoms with Crippen molar-refractivity contribution in [3.63, 3.8) is 0 Å². The van der Waals surface area contributed by atoms with Gasteiger partial charge in [0, 0.05) is 11.1 Å². The number of para-hydroxylation sites is 1. The van der Waals surface area contributed by atoms with E-state index < -0.39 is 32.0 Å². The average Bonchev–Trinajstić information content (AvgIpc) is 3.07. The summed E-state index contributed by atoms with van der Waals surface area (Å²) in [6.07, 6.45) is -2.29. The Kier molecular flexibility index (Phi) is 7.20. The Balaban J connectivity index is 2.13. The molecule has 6 nitrogen and oxygen atoms in total. The zero-order valence-electron chi connectivity index (χ0n) is 18.1. The molecular formula is C24H25FNO5P. The summed E-state index contributed by atoms with van der Waals surface area (Å²) in [5.41, 5.74) is 5.35. The Hall–Kier alpha value is -2.91. The molecule has 0 aliphatic carbocycles. The summed E-state index contributed by atoms with van der Waals surface area (Å²) >= 11 is 0. The second kappa shape index (κ2) is 9.70. The second-order valence-corrected chi connectivity index (χ2v) is 9.79. The first-order valence-electron chi connectivity index (χ1n) is 10.1. The van der Waals surface area contributed by atoms with Gasteiger partial charge in [0.1, 0.15) is 11.5 Å². The van der Waals surface area contributed by atoms with Gasteiger partial charge in [-0.2, -0.15) is 0 Å². The van der Waals surface area contributed by atoms with Gasteiger partial charge in [-0.25, -0.2) is 4.39 Å². The molecule has 0 fully saturated rings. The SMILES string of the molecule is COC(=O)C[C@H](O)CP(=O)(O)C#Cc1c(C(C)C)c2ccccc2n1-c1ccc(F)cc1. The number of carbonyl (C=O) groups is 1. The van der Waals surface area contributed by atoms with Crippen LogP contribution in [0.1, 0.15) is 37.4 Å². The second-order valence-electron chi connectivity index (χ2n) is 7.80. The number of rotatable bonds is 6. The average molecular weight is 457 g/mol. The summed E-state index contributed by atoms with van der Waals surface area (Å²) in [4.78, 5) is 21.7. The highest BCUT2D eigenvalue weighted by Gasteiger charge is 2.24. The maximum Gasteiger partial charge on any atom is 0.308 e. The third-order valence-corrected chi connectivity index (χ3v) is 6.39. The fraction of sp³-hybridized carbons (Fsp3) is 0.292. The standard InChI is InChI=1S/C24H25FNO5P/c1-16(2)24-20-6-4-5-7-21(20)26(18-10-8-17(25)9-11-18)22(24)12-13-32(29,30)15-19(27)14-23(28)31-3/h4-11,16,19,27H,14-15H2,1-3H3,(H,29,30)/t19-/m0/s1. The summed E-state index contributed by atoms with van der Waals surface area (Å²) in [7, 11) is -2.91. The molecule has 1 aromatic heterocycles. The van der Waals surface area contributed by atoms with E-state index in [1.54, 1.807) is 12.1 Å². The molecule has 2 atom stereocenters. The predicted octanol–water partition coefficient (Wildman–Crippen LogP) is 4.40. The minimum atomic E-state index is -4.09. The monoisotopic (exact) mass is 457 g/mol. The van der Waals surface area contributed by atoms with E-state index in [0.29, 0.717) is 11.4 Å². The van der Waals surface area contributed by atoms with Crippen LogP contribution < -0.4 is 0 Å². The molecule has 0 saturated heterocycles. The molecule has 0 aliphatic rings. The third kappa shape index (κ3) is 5.28. The molecule has 0 aliphatic heterocycles. The van der Waals surface area contributed by atoms with Gasteiger partial charge in [-0.05, 0) is 53.4 Å². The van der Waals surface area contributed by atoms with E-state index in [4.69, 9.17) is 0 Å². The van der Waals surface area contributed by atoms with E-state index in [2.05, 4.69) is 16.3 Å². The highest BCUT2D eigenvalue weighted by Crippen LogP contribution is 2.41. The molecule has 32 heavy (non-hydrogen) atoms. The Morgan fingerprint density at radius 3 is 2.47 bits per heavy atom. The maximum atomic E-state index is 13.5. The number of hydrogen-bond acceptors (Lipinski definition) is 4. The van der Waals surface area contributed by atoms with Crippen LogP contribution in [0.4, 0.5) is 4.39 Å². The lowest BCUT2D eigenvalue weighted by Gasteiger charge is -2.12. The minimum Gasteiger partial charge on any atom is -0.469 e. The number of esters is 1. The van der Waals surface area contributed by atoms with Crippen LogP contribution in [0, 0.1) is 17.4 Å². The Labute approximate surface area is 186 Å². The van der Waals surface area contributed by atoms with Gasteiger partial charge in [0.15, 0.2) is 0 Å². The summed E-state index contributed by atoms with van der Waals surface area (Å²) in [6.45, 7) is 4.00. The lowest BCUT2D eigenvalue weighted by atomic mass is 9.99. The van der Waals surface area contributed by atoms with E-state index >= 15 is 0 Å². The molecule has 8 heteroatoms. The van der Waals surface area contributed by atoms with Gasteiger partial charge in [-0.15, -0.1) is 0 Å². The fourth-order valence-electron chi connectivity index (χ4n) is 3.64. The molecule has 0 saturated carbocycles. The molecule has 168 valence electrons. The summed E-state index contributed by atoms with van der Waals surface area (Å²) in [6, 6.07) is 13.6. The molecule has 3 aromatic rings. The topological polar surface area (TPSA) is 88.8 Å². The van der Waals surface area contributed by atoms with Crippen molar-refractivity contribution in [1.29, 1.82) is 0 Å². The van der Waals surface area contributed by atoms with Crippen LogP contribution in [-0.2, 0) is 14.1 Å². The van der Waals surface area contributed by atoms with Crippen LogP contribution in [-0.4, -0.2) is 39.9 Å². The van der Waals surface area contributed by atoms with Crippen molar-refractivity contribution < 1.29 is 28.5 Å². The molecule has 0 amide bonds. The number of hydrogen-bond donors (Lipinski definition) is 2. The largest absolute Gasteiger partial charge is 0.469 e. The summed E-state index contributed by atoms with van der Waals surface area (Å²) in [5, 5.41) is 10.9. The van der Waals surface area contributed by atoms with Crippen LogP contribution in [0.25, 0.3) is 16.6 Å². The van der Waals surface area contributed by atoms with Gasteiger partial charge in [0.05, 0.1) is 31.3 Å². The normalized spacial score (nSPS) is 14.0. The van der Waals surface area contributed by atoms with E-state index in [0.717, 1.165) is 16.5 Å². The minimum absolute atomic E-state index is 0.0499. The highest BCUT2D eigenvalue weighted by atomic mass is 31.2. The highest BCUT2D eigenvalue weighted by molar-refractivity contribution is 7.63. The third-order valence-electron chi connectivity index (χ3n) is 5.01. The number of methoxy groups -OCH3 is 1. The maximum absolute atomic E-state index is 13.5. The van der Waals surface area contributed by atoms with E-state index in [1.165, 1.54) is 19.2 Å². The zero-order chi connectivity index (χ0) is 23.5. The number of aliphatic hydroxyl groups is 1. The quantitative estimate of drug-likeness (QED) is 0.326. The van der Waals surface area contributed by atoms with Gasteiger partial charge in [0.25, 0.3) is 7.37 Å². The van der Waals surface area contributed by atoms with Crippen molar-refractivity contribution in [2.24, 2.45) is 0 Å². The fourth-order valence-corrected chi connectivity index (χ4v) is 4.72. The lowest BCUT2D eigenvalue weighted by Crippen LogP contribution is -2.18. The van der Waals surface area contributed by atoms with Gasteiger partial charge < -0.3 is 19.3 Å². The molecular weight excluding hydrogens is 432 g/mol. The van der Waals surface area contributed by atoms with E-state index in [-0.39, 0.29) is 11.7 Å². The zero-order valence-corrected chi connectivity index (χ0v) is 19.0. The van der Waals surface area contributed by atoms with E-state index in [1.807, 2.05) is 42.7 Å². The molecule has 0 spiro atoms. The first kappa shape index (κ1) is 23.7. The van der Waals surface area contributed by atoms with Gasteiger partial charge in [0.2, 0.25) is 0 Å². The molecule has 2 aromatic carbocycles. The number of nitrogens with zero attached hydrogens (tertiary/aromatic N) is 1. The lowest BCUT2D eigenvalue weighted by molar-refractivity contribution is -0.142. The van der Waals surface area contributed by atoms with Gasteiger partial charge in [-0.1, -0.05) is 32.0 Å². The molecule has 1 heterocycles. The molecule has 3 rings (SSSR count). The van der Waals surface area contributed by atoms with Crippen LogP contribution in [0.2, 0.25) is 0 Å². The van der Waals surface area contributed by atoms with Crippen molar-refractivity contribution in [1.82, 2.24) is 4.57 Å². The number of fused-ring (bicyclic) bond motifs is 1. The number of ether oxygens (including phenoxy) is 1. The Morgan fingerprint density at radius 1 is 1.19 bits per heavy atom. The Bertz CT molecular complexity index is 1240. The first-order chi connectivity index (χ1) is 15.1. The van der Waals surface area contributed by atoms with Crippen molar-refractivity contribution in [3.05, 3.63) is 65.6 Å². The smallest absolute Gasteiger partial charge is 0.308 e. The summed E-state index contributed by atoms with van der Waals surface area (Å²) < 4.78 is 32.5. The van der Waals surface area contributed by atoms with Gasteiger partial charge in [-0.3, -0.25) is 9.36 Å². The predicted molar refractivity (Wildman–Crippen MR) is 122 cm³/mol. The number of halogens is 1. The number of carbonyl (C=O) groups excluding carboxylic acids is 1. The molecule has 2 N–H and O–H groups in total. The molecule has 0 radical (unpaired) electrons. The first-order valence-corrected chi connectivity index (χ1v) is 12.0. The number of aliphatic hydroxyl groups excluding tert-OH is 1. The van der Waals surface area contributed by atoms with Crippen molar-refractivity contribution >= 4 is 24.2 Å². The van der Waals surface area contributed by atoms with Crippen molar-refractivity contribution in [2.45, 2.75) is 32.3 Å². The molecule has 1 unspecified atom stereocenters. The number of aromatic nitrogens is 1. The van der Waals surface area contributed by atoms with Crippen LogP contribution in [0.3, 0.4) is 0 Å².